The largest absolute Gasteiger partial charge is 0.334 e. The molecule has 0 spiro atoms. The number of hydrogen-bond donors (Lipinski definition) is 1. The van der Waals surface area contributed by atoms with Crippen LogP contribution in [-0.4, -0.2) is 25.3 Å². The lowest BCUT2D eigenvalue weighted by molar-refractivity contribution is 0.180. The Labute approximate surface area is 214 Å². The summed E-state index contributed by atoms with van der Waals surface area (Å²) in [6, 6.07) is 29.5. The number of hydrogen-bond acceptors (Lipinski definition) is 2. The number of aromatic nitrogens is 3. The van der Waals surface area contributed by atoms with Crippen molar-refractivity contribution in [2.24, 2.45) is 0 Å². The van der Waals surface area contributed by atoms with Crippen LogP contribution < -0.4 is 5.32 Å². The Bertz CT molecular complexity index is 1540. The smallest absolute Gasteiger partial charge is 0.318 e. The second-order valence-electron chi connectivity index (χ2n) is 9.16. The van der Waals surface area contributed by atoms with Gasteiger partial charge in [-0.1, -0.05) is 60.7 Å². The van der Waals surface area contributed by atoms with Gasteiger partial charge in [-0.15, -0.1) is 0 Å². The van der Waals surface area contributed by atoms with Gasteiger partial charge in [0.15, 0.2) is 0 Å². The van der Waals surface area contributed by atoms with Gasteiger partial charge in [0.05, 0.1) is 29.7 Å². The van der Waals surface area contributed by atoms with Gasteiger partial charge in [0.25, 0.3) is 0 Å². The van der Waals surface area contributed by atoms with Crippen molar-refractivity contribution in [3.05, 3.63) is 137 Å². The van der Waals surface area contributed by atoms with Crippen molar-refractivity contribution in [2.45, 2.75) is 26.1 Å². The number of carbonyl (C=O) groups excluding carboxylic acids is 1. The van der Waals surface area contributed by atoms with Crippen molar-refractivity contribution >= 4 is 6.03 Å². The summed E-state index contributed by atoms with van der Waals surface area (Å²) in [4.78, 5) is 15.6. The molecule has 0 bridgehead atoms. The van der Waals surface area contributed by atoms with Crippen LogP contribution in [0.25, 0.3) is 11.5 Å². The fraction of sp³-hybridized carbons (Fsp3) is 0.133. The fourth-order valence-electron chi connectivity index (χ4n) is 5.02. The van der Waals surface area contributed by atoms with E-state index in [4.69, 9.17) is 5.10 Å². The Balaban J connectivity index is 1.49. The number of para-hydroxylation sites is 1. The molecule has 0 radical (unpaired) electrons. The lowest BCUT2D eigenvalue weighted by Crippen LogP contribution is -2.41. The summed E-state index contributed by atoms with van der Waals surface area (Å²) >= 11 is 0. The number of halogens is 1. The normalized spacial score (nSPS) is 14.5. The van der Waals surface area contributed by atoms with Gasteiger partial charge in [0.1, 0.15) is 11.6 Å². The average molecular weight is 492 g/mol. The molecule has 0 unspecified atom stereocenters. The van der Waals surface area contributed by atoms with Crippen molar-refractivity contribution in [3.8, 4) is 11.5 Å². The number of fused-ring (bicyclic) bond motifs is 3. The van der Waals surface area contributed by atoms with Crippen molar-refractivity contribution in [2.75, 3.05) is 0 Å². The van der Waals surface area contributed by atoms with E-state index in [0.717, 1.165) is 39.6 Å². The first-order chi connectivity index (χ1) is 18.1. The van der Waals surface area contributed by atoms with Gasteiger partial charge in [-0.25, -0.2) is 13.9 Å². The van der Waals surface area contributed by atoms with Crippen LogP contribution in [0.1, 0.15) is 34.1 Å². The van der Waals surface area contributed by atoms with Crippen LogP contribution in [0.3, 0.4) is 0 Å². The van der Waals surface area contributed by atoms with Crippen LogP contribution in [-0.2, 0) is 13.1 Å². The number of aryl methyl sites for hydroxylation is 1. The van der Waals surface area contributed by atoms with E-state index in [1.54, 1.807) is 12.1 Å². The van der Waals surface area contributed by atoms with Gasteiger partial charge in [0.2, 0.25) is 0 Å². The molecule has 1 aliphatic heterocycles. The zero-order valence-corrected chi connectivity index (χ0v) is 20.4. The van der Waals surface area contributed by atoms with Crippen LogP contribution in [0.4, 0.5) is 9.18 Å². The van der Waals surface area contributed by atoms with E-state index in [9.17, 15) is 9.18 Å². The van der Waals surface area contributed by atoms with E-state index in [1.165, 1.54) is 12.1 Å². The Morgan fingerprint density at radius 3 is 2.38 bits per heavy atom. The molecule has 0 saturated heterocycles. The molecular weight excluding hydrogens is 465 g/mol. The molecule has 37 heavy (non-hydrogen) atoms. The molecule has 6 rings (SSSR count). The molecule has 5 aromatic rings. The number of nitrogens with one attached hydrogen (secondary N) is 1. The van der Waals surface area contributed by atoms with E-state index < -0.39 is 6.04 Å². The summed E-state index contributed by atoms with van der Waals surface area (Å²) in [6.07, 6.45) is 2.00. The molecule has 1 N–H and O–H groups in total. The quantitative estimate of drug-likeness (QED) is 0.339. The molecule has 7 heteroatoms. The molecule has 0 aliphatic carbocycles. The highest BCUT2D eigenvalue weighted by molar-refractivity contribution is 5.76. The van der Waals surface area contributed by atoms with Crippen LogP contribution in [0.2, 0.25) is 0 Å². The number of rotatable bonds is 4. The molecule has 0 fully saturated rings. The van der Waals surface area contributed by atoms with Gasteiger partial charge in [0, 0.05) is 18.3 Å². The predicted octanol–water partition coefficient (Wildman–Crippen LogP) is 5.93. The van der Waals surface area contributed by atoms with Gasteiger partial charge < -0.3 is 14.8 Å². The first-order valence-corrected chi connectivity index (χ1v) is 12.3. The number of benzene rings is 3. The van der Waals surface area contributed by atoms with Crippen molar-refractivity contribution in [1.82, 2.24) is 24.6 Å². The molecule has 1 atom stereocenters. The van der Waals surface area contributed by atoms with E-state index in [2.05, 4.69) is 9.88 Å². The Morgan fingerprint density at radius 1 is 0.946 bits per heavy atom. The summed E-state index contributed by atoms with van der Waals surface area (Å²) in [5, 5.41) is 7.96. The van der Waals surface area contributed by atoms with E-state index in [0.29, 0.717) is 13.1 Å². The molecular formula is C30H26FN5O. The maximum Gasteiger partial charge on any atom is 0.318 e. The second kappa shape index (κ2) is 9.43. The Hall–Kier alpha value is -4.65. The van der Waals surface area contributed by atoms with Gasteiger partial charge in [-0.2, -0.15) is 5.10 Å². The SMILES string of the molecule is Cc1nn(-c2ccccc2)c2c1CN(C(=O)NCc1ccccc1)[C@@H](c1ccc(F)cc1)c1cccn1-2. The van der Waals surface area contributed by atoms with Crippen LogP contribution in [0, 0.1) is 12.7 Å². The van der Waals surface area contributed by atoms with Crippen molar-refractivity contribution in [1.29, 1.82) is 0 Å². The van der Waals surface area contributed by atoms with Crippen LogP contribution in [0.15, 0.2) is 103 Å². The monoisotopic (exact) mass is 491 g/mol. The maximum atomic E-state index is 13.9. The minimum absolute atomic E-state index is 0.203. The van der Waals surface area contributed by atoms with E-state index in [1.807, 2.05) is 95.5 Å². The average Bonchev–Trinajstić information content (AvgIpc) is 3.49. The van der Waals surface area contributed by atoms with Gasteiger partial charge in [-0.05, 0) is 54.4 Å². The second-order valence-corrected chi connectivity index (χ2v) is 9.16. The number of urea groups is 1. The third-order valence-corrected chi connectivity index (χ3v) is 6.82. The van der Waals surface area contributed by atoms with E-state index >= 15 is 0 Å². The summed E-state index contributed by atoms with van der Waals surface area (Å²) in [5.41, 5.74) is 5.49. The maximum absolute atomic E-state index is 13.9. The molecule has 3 aromatic carbocycles. The number of nitrogens with zero attached hydrogens (tertiary/aromatic N) is 4. The highest BCUT2D eigenvalue weighted by Crippen LogP contribution is 2.38. The molecule has 184 valence electrons. The molecule has 2 aromatic heterocycles. The fourth-order valence-corrected chi connectivity index (χ4v) is 5.02. The summed E-state index contributed by atoms with van der Waals surface area (Å²) < 4.78 is 17.9. The Morgan fingerprint density at radius 2 is 1.65 bits per heavy atom. The van der Waals surface area contributed by atoms with Crippen molar-refractivity contribution in [3.63, 3.8) is 0 Å². The van der Waals surface area contributed by atoms with Crippen LogP contribution in [0.5, 0.6) is 0 Å². The predicted molar refractivity (Wildman–Crippen MR) is 140 cm³/mol. The molecule has 6 nitrogen and oxygen atoms in total. The summed E-state index contributed by atoms with van der Waals surface area (Å²) in [6.45, 7) is 2.72. The summed E-state index contributed by atoms with van der Waals surface area (Å²) in [5.74, 6) is 0.584. The molecule has 2 amide bonds. The molecule has 0 saturated carbocycles. The topological polar surface area (TPSA) is 55.1 Å². The van der Waals surface area contributed by atoms with Gasteiger partial charge >= 0.3 is 6.03 Å². The summed E-state index contributed by atoms with van der Waals surface area (Å²) in [7, 11) is 0. The van der Waals surface area contributed by atoms with Crippen LogP contribution >= 0.6 is 0 Å². The first kappa shape index (κ1) is 22.8. The van der Waals surface area contributed by atoms with Crippen molar-refractivity contribution < 1.29 is 9.18 Å². The number of carbonyl (C=O) groups is 1. The third kappa shape index (κ3) is 4.18. The zero-order valence-electron chi connectivity index (χ0n) is 20.4. The molecule has 3 heterocycles. The standard InChI is InChI=1S/C30H26FN5O/c1-21-26-20-35(30(37)32-19-22-9-4-2-5-10-22)28(23-14-16-24(31)17-15-23)27-13-8-18-34(27)29(26)36(33-21)25-11-6-3-7-12-25/h2-18,28H,19-20H2,1H3,(H,32,37)/t28-/m0/s1. The lowest BCUT2D eigenvalue weighted by Gasteiger charge is -2.31. The van der Waals surface area contributed by atoms with Gasteiger partial charge in [-0.3, -0.25) is 0 Å². The minimum atomic E-state index is -0.428. The number of amides is 2. The lowest BCUT2D eigenvalue weighted by atomic mass is 10.0. The Kier molecular flexibility index (Phi) is 5.81. The third-order valence-electron chi connectivity index (χ3n) is 6.82. The highest BCUT2D eigenvalue weighted by Gasteiger charge is 2.35. The minimum Gasteiger partial charge on any atom is -0.334 e. The first-order valence-electron chi connectivity index (χ1n) is 12.3. The molecule has 1 aliphatic rings. The van der Waals surface area contributed by atoms with E-state index in [-0.39, 0.29) is 11.8 Å². The highest BCUT2D eigenvalue weighted by atomic mass is 19.1. The zero-order chi connectivity index (χ0) is 25.4.